The van der Waals surface area contributed by atoms with Crippen molar-refractivity contribution in [2.75, 3.05) is 7.05 Å². The maximum absolute atomic E-state index is 11.1. The van der Waals surface area contributed by atoms with Gasteiger partial charge in [-0.05, 0) is 13.2 Å². The third-order valence-corrected chi connectivity index (χ3v) is 1.41. The molecular weight excluding hydrogens is 155 g/mol. The van der Waals surface area contributed by atoms with Gasteiger partial charge >= 0.3 is 7.05 Å². The maximum atomic E-state index is 11.1. The lowest BCUT2D eigenvalue weighted by atomic mass is 9.86. The van der Waals surface area contributed by atoms with Crippen molar-refractivity contribution < 1.29 is 9.82 Å². The number of rotatable bonds is 5. The SMILES string of the molecule is C=CCC(NB(C)O)C(=O)NC. The quantitative estimate of drug-likeness (QED) is 0.380. The van der Waals surface area contributed by atoms with Crippen LogP contribution in [0.25, 0.3) is 0 Å². The molecule has 1 amide bonds. The molecule has 0 radical (unpaired) electrons. The molecule has 0 aromatic heterocycles. The zero-order valence-electron chi connectivity index (χ0n) is 7.50. The standard InChI is InChI=1S/C7H15BN2O2/c1-4-5-6(7(11)9-3)10-8(2)12/h4,6,10,12H,1,5H2,2-3H3,(H,9,11). The normalized spacial score (nSPS) is 11.9. The average Bonchev–Trinajstić information content (AvgIpc) is 2.01. The topological polar surface area (TPSA) is 61.4 Å². The van der Waals surface area contributed by atoms with Crippen molar-refractivity contribution in [2.45, 2.75) is 19.3 Å². The van der Waals surface area contributed by atoms with Crippen LogP contribution >= 0.6 is 0 Å². The first-order valence-corrected chi connectivity index (χ1v) is 3.88. The molecule has 0 aliphatic heterocycles. The Morgan fingerprint density at radius 3 is 2.75 bits per heavy atom. The summed E-state index contributed by atoms with van der Waals surface area (Å²) in [6, 6.07) is -0.396. The maximum Gasteiger partial charge on any atom is 0.374 e. The molecule has 0 rings (SSSR count). The molecule has 0 aliphatic rings. The van der Waals surface area contributed by atoms with Gasteiger partial charge in [0.25, 0.3) is 0 Å². The predicted octanol–water partition coefficient (Wildman–Crippen LogP) is -0.623. The monoisotopic (exact) mass is 170 g/mol. The van der Waals surface area contributed by atoms with E-state index in [9.17, 15) is 4.79 Å². The van der Waals surface area contributed by atoms with Gasteiger partial charge in [0.2, 0.25) is 5.91 Å². The van der Waals surface area contributed by atoms with Crippen LogP contribution in [0.2, 0.25) is 6.82 Å². The van der Waals surface area contributed by atoms with Gasteiger partial charge in [-0.25, -0.2) is 0 Å². The number of amides is 1. The van der Waals surface area contributed by atoms with Crippen LogP contribution in [0.4, 0.5) is 0 Å². The lowest BCUT2D eigenvalue weighted by Crippen LogP contribution is -2.48. The highest BCUT2D eigenvalue weighted by atomic mass is 16.2. The molecule has 4 nitrogen and oxygen atoms in total. The second kappa shape index (κ2) is 5.80. The molecule has 0 aromatic rings. The van der Waals surface area contributed by atoms with Crippen LogP contribution in [-0.4, -0.2) is 31.1 Å². The van der Waals surface area contributed by atoms with Crippen molar-refractivity contribution >= 4 is 13.0 Å². The van der Waals surface area contributed by atoms with E-state index in [-0.39, 0.29) is 5.91 Å². The molecule has 0 saturated carbocycles. The van der Waals surface area contributed by atoms with Crippen molar-refractivity contribution in [2.24, 2.45) is 0 Å². The summed E-state index contributed by atoms with van der Waals surface area (Å²) in [5.74, 6) is -0.143. The van der Waals surface area contributed by atoms with Crippen LogP contribution in [0, 0.1) is 0 Å². The van der Waals surface area contributed by atoms with Gasteiger partial charge in [-0.1, -0.05) is 6.08 Å². The van der Waals surface area contributed by atoms with Crippen molar-refractivity contribution in [1.82, 2.24) is 10.5 Å². The Hall–Kier alpha value is -0.805. The van der Waals surface area contributed by atoms with Crippen LogP contribution in [0.15, 0.2) is 12.7 Å². The first-order chi connectivity index (χ1) is 5.61. The van der Waals surface area contributed by atoms with Crippen molar-refractivity contribution in [3.8, 4) is 0 Å². The molecule has 1 unspecified atom stereocenters. The summed E-state index contributed by atoms with van der Waals surface area (Å²) in [6.07, 6.45) is 2.14. The minimum atomic E-state index is -0.688. The van der Waals surface area contributed by atoms with Crippen molar-refractivity contribution in [3.05, 3.63) is 12.7 Å². The van der Waals surface area contributed by atoms with E-state index in [1.54, 1.807) is 19.9 Å². The van der Waals surface area contributed by atoms with E-state index in [1.807, 2.05) is 0 Å². The number of hydrogen-bond acceptors (Lipinski definition) is 3. The minimum Gasteiger partial charge on any atom is -0.437 e. The first kappa shape index (κ1) is 11.2. The molecule has 3 N–H and O–H groups in total. The summed E-state index contributed by atoms with van der Waals surface area (Å²) in [5, 5.41) is 14.2. The molecule has 0 bridgehead atoms. The van der Waals surface area contributed by atoms with E-state index in [0.717, 1.165) is 0 Å². The van der Waals surface area contributed by atoms with E-state index in [2.05, 4.69) is 17.1 Å². The van der Waals surface area contributed by atoms with E-state index in [1.165, 1.54) is 0 Å². The second-order valence-electron chi connectivity index (χ2n) is 2.53. The van der Waals surface area contributed by atoms with Crippen molar-refractivity contribution in [3.63, 3.8) is 0 Å². The molecule has 5 heteroatoms. The van der Waals surface area contributed by atoms with Crippen LogP contribution in [-0.2, 0) is 4.79 Å². The Morgan fingerprint density at radius 1 is 1.83 bits per heavy atom. The van der Waals surface area contributed by atoms with Crippen LogP contribution < -0.4 is 10.5 Å². The van der Waals surface area contributed by atoms with Crippen LogP contribution in [0.3, 0.4) is 0 Å². The Labute approximate surface area is 73.2 Å². The fraction of sp³-hybridized carbons (Fsp3) is 0.571. The lowest BCUT2D eigenvalue weighted by molar-refractivity contribution is -0.122. The summed E-state index contributed by atoms with van der Waals surface area (Å²) in [7, 11) is 0.870. The van der Waals surface area contributed by atoms with Gasteiger partial charge < -0.3 is 15.6 Å². The van der Waals surface area contributed by atoms with E-state index in [4.69, 9.17) is 5.02 Å². The zero-order valence-corrected chi connectivity index (χ0v) is 7.50. The zero-order chi connectivity index (χ0) is 9.56. The van der Waals surface area contributed by atoms with Gasteiger partial charge in [-0.3, -0.25) is 4.79 Å². The number of nitrogens with one attached hydrogen (secondary N) is 2. The van der Waals surface area contributed by atoms with Gasteiger partial charge in [0, 0.05) is 7.05 Å². The predicted molar refractivity (Wildman–Crippen MR) is 49.6 cm³/mol. The van der Waals surface area contributed by atoms with Crippen LogP contribution in [0.5, 0.6) is 0 Å². The molecule has 0 fully saturated rings. The minimum absolute atomic E-state index is 0.143. The van der Waals surface area contributed by atoms with Crippen molar-refractivity contribution in [1.29, 1.82) is 0 Å². The fourth-order valence-electron chi connectivity index (χ4n) is 0.883. The molecule has 0 heterocycles. The Bertz CT molecular complexity index is 161. The van der Waals surface area contributed by atoms with Crippen LogP contribution in [0.1, 0.15) is 6.42 Å². The summed E-state index contributed by atoms with van der Waals surface area (Å²) in [4.78, 5) is 11.1. The molecular formula is C7H15BN2O2. The van der Waals surface area contributed by atoms with Gasteiger partial charge in [-0.2, -0.15) is 0 Å². The van der Waals surface area contributed by atoms with Gasteiger partial charge in [0.15, 0.2) is 0 Å². The van der Waals surface area contributed by atoms with E-state index < -0.39 is 13.1 Å². The highest BCUT2D eigenvalue weighted by molar-refractivity contribution is 6.46. The summed E-state index contributed by atoms with van der Waals surface area (Å²) < 4.78 is 0. The molecule has 1 atom stereocenters. The summed E-state index contributed by atoms with van der Waals surface area (Å²) in [6.45, 7) is 5.09. The van der Waals surface area contributed by atoms with Gasteiger partial charge in [-0.15, -0.1) is 6.58 Å². The number of likely N-dealkylation sites (N-methyl/N-ethyl adjacent to an activating group) is 1. The third kappa shape index (κ3) is 4.15. The molecule has 0 spiro atoms. The molecule has 0 aromatic carbocycles. The number of carbonyl (C=O) groups excluding carboxylic acids is 1. The fourth-order valence-corrected chi connectivity index (χ4v) is 0.883. The highest BCUT2D eigenvalue weighted by Crippen LogP contribution is 1.92. The number of carbonyl (C=O) groups is 1. The van der Waals surface area contributed by atoms with E-state index >= 15 is 0 Å². The van der Waals surface area contributed by atoms with Gasteiger partial charge in [0.05, 0.1) is 6.04 Å². The lowest BCUT2D eigenvalue weighted by Gasteiger charge is -2.15. The van der Waals surface area contributed by atoms with E-state index in [0.29, 0.717) is 6.42 Å². The smallest absolute Gasteiger partial charge is 0.374 e. The summed E-state index contributed by atoms with van der Waals surface area (Å²) in [5.41, 5.74) is 0. The molecule has 12 heavy (non-hydrogen) atoms. The highest BCUT2D eigenvalue weighted by Gasteiger charge is 2.17. The average molecular weight is 170 g/mol. The molecule has 0 saturated heterocycles. The Kier molecular flexibility index (Phi) is 5.41. The second-order valence-corrected chi connectivity index (χ2v) is 2.53. The largest absolute Gasteiger partial charge is 0.437 e. The first-order valence-electron chi connectivity index (χ1n) is 3.88. The number of hydrogen-bond donors (Lipinski definition) is 3. The Morgan fingerprint density at radius 2 is 2.42 bits per heavy atom. The third-order valence-electron chi connectivity index (χ3n) is 1.41. The molecule has 68 valence electrons. The molecule has 0 aliphatic carbocycles. The Balaban J connectivity index is 4.02. The van der Waals surface area contributed by atoms with Gasteiger partial charge in [0.1, 0.15) is 0 Å². The summed E-state index contributed by atoms with van der Waals surface area (Å²) >= 11 is 0.